The zero-order valence-electron chi connectivity index (χ0n) is 6.30. The summed E-state index contributed by atoms with van der Waals surface area (Å²) in [5.74, 6) is 0. The number of hydrogen-bond acceptors (Lipinski definition) is 5. The van der Waals surface area contributed by atoms with Gasteiger partial charge in [0.1, 0.15) is 0 Å². The van der Waals surface area contributed by atoms with Crippen molar-refractivity contribution in [2.75, 3.05) is 5.73 Å². The number of benzene rings is 1. The topological polar surface area (TPSA) is 94.9 Å². The molecule has 13 heavy (non-hydrogen) atoms. The molecule has 2 rings (SSSR count). The molecule has 0 aliphatic rings. The molecule has 0 saturated carbocycles. The van der Waals surface area contributed by atoms with Gasteiger partial charge >= 0.3 is 78.2 Å². The Hall–Kier alpha value is -1.46. The molecular weight excluding hydrogens is 239 g/mol. The predicted octanol–water partition coefficient (Wildman–Crippen LogP) is 0.177. The third-order valence-corrected chi connectivity index (χ3v) is 2.73. The van der Waals surface area contributed by atoms with Crippen molar-refractivity contribution in [2.24, 2.45) is 0 Å². The summed E-state index contributed by atoms with van der Waals surface area (Å²) in [6.45, 7) is 0. The first kappa shape index (κ1) is 8.15. The van der Waals surface area contributed by atoms with Gasteiger partial charge in [0, 0.05) is 0 Å². The van der Waals surface area contributed by atoms with Crippen LogP contribution in [0.1, 0.15) is 0 Å². The van der Waals surface area contributed by atoms with Crippen molar-refractivity contribution >= 4 is 37.4 Å². The number of aromatic nitrogens is 2. The monoisotopic (exact) mass is 244 g/mol. The second-order valence-electron chi connectivity index (χ2n) is 2.39. The van der Waals surface area contributed by atoms with Crippen molar-refractivity contribution in [1.82, 2.24) is 7.96 Å². The maximum atomic E-state index is 10.5. The minimum absolute atomic E-state index is 0.0210. The molecule has 0 radical (unpaired) electrons. The molecule has 0 saturated heterocycles. The number of nitro benzene ring substituents is 1. The SMILES string of the molecule is Nc1ccc([N+](=O)[O-])c2n[se]nc12. The molecule has 1 aromatic heterocycles. The Morgan fingerprint density at radius 2 is 2.08 bits per heavy atom. The van der Waals surface area contributed by atoms with Crippen LogP contribution in [0, 0.1) is 10.1 Å². The molecular formula is C6H4N4O2Se. The van der Waals surface area contributed by atoms with Gasteiger partial charge in [0.05, 0.1) is 0 Å². The fraction of sp³-hybridized carbons (Fsp3) is 0. The van der Waals surface area contributed by atoms with Crippen molar-refractivity contribution in [3.8, 4) is 0 Å². The van der Waals surface area contributed by atoms with Gasteiger partial charge in [-0.05, 0) is 0 Å². The van der Waals surface area contributed by atoms with Crippen LogP contribution in [0.25, 0.3) is 11.0 Å². The van der Waals surface area contributed by atoms with Crippen LogP contribution in [0.4, 0.5) is 11.4 Å². The van der Waals surface area contributed by atoms with E-state index < -0.39 is 4.92 Å². The third-order valence-electron chi connectivity index (χ3n) is 1.62. The van der Waals surface area contributed by atoms with Crippen LogP contribution in [0.2, 0.25) is 0 Å². The zero-order chi connectivity index (χ0) is 9.42. The molecule has 2 N–H and O–H groups in total. The fourth-order valence-corrected chi connectivity index (χ4v) is 2.23. The number of nitrogen functional groups attached to an aromatic ring is 1. The van der Waals surface area contributed by atoms with E-state index in [1.807, 2.05) is 0 Å². The van der Waals surface area contributed by atoms with Crippen LogP contribution in [-0.2, 0) is 0 Å². The van der Waals surface area contributed by atoms with Gasteiger partial charge < -0.3 is 0 Å². The summed E-state index contributed by atoms with van der Waals surface area (Å²) in [6.07, 6.45) is 0. The molecule has 0 fully saturated rings. The van der Waals surface area contributed by atoms with E-state index in [9.17, 15) is 10.1 Å². The first-order chi connectivity index (χ1) is 6.20. The summed E-state index contributed by atoms with van der Waals surface area (Å²) in [7, 11) is 0. The van der Waals surface area contributed by atoms with Gasteiger partial charge in [0.25, 0.3) is 0 Å². The summed E-state index contributed by atoms with van der Waals surface area (Å²) >= 11 is -0.289. The predicted molar refractivity (Wildman–Crippen MR) is 47.5 cm³/mol. The fourth-order valence-electron chi connectivity index (χ4n) is 1.02. The van der Waals surface area contributed by atoms with Gasteiger partial charge in [-0.3, -0.25) is 0 Å². The molecule has 66 valence electrons. The van der Waals surface area contributed by atoms with Crippen molar-refractivity contribution < 1.29 is 4.92 Å². The van der Waals surface area contributed by atoms with E-state index in [0.29, 0.717) is 16.7 Å². The minimum atomic E-state index is -0.474. The summed E-state index contributed by atoms with van der Waals surface area (Å²) in [5.41, 5.74) is 6.79. The molecule has 1 aromatic carbocycles. The van der Waals surface area contributed by atoms with Gasteiger partial charge in [0.2, 0.25) is 0 Å². The normalized spacial score (nSPS) is 10.5. The maximum absolute atomic E-state index is 10.5. The second kappa shape index (κ2) is 2.79. The Morgan fingerprint density at radius 1 is 1.38 bits per heavy atom. The number of nitro groups is 1. The summed E-state index contributed by atoms with van der Waals surface area (Å²) in [6, 6.07) is 2.84. The van der Waals surface area contributed by atoms with E-state index in [0.717, 1.165) is 0 Å². The zero-order valence-corrected chi connectivity index (χ0v) is 8.01. The van der Waals surface area contributed by atoms with E-state index in [4.69, 9.17) is 5.73 Å². The number of nitrogens with zero attached hydrogens (tertiary/aromatic N) is 3. The summed E-state index contributed by atoms with van der Waals surface area (Å²) in [4.78, 5) is 10.1. The Morgan fingerprint density at radius 3 is 2.77 bits per heavy atom. The first-order valence-corrected chi connectivity index (χ1v) is 4.88. The van der Waals surface area contributed by atoms with Crippen molar-refractivity contribution in [1.29, 1.82) is 0 Å². The molecule has 0 aliphatic heterocycles. The second-order valence-corrected chi connectivity index (χ2v) is 3.50. The van der Waals surface area contributed by atoms with Crippen LogP contribution in [0.15, 0.2) is 12.1 Å². The quantitative estimate of drug-likeness (QED) is 0.333. The van der Waals surface area contributed by atoms with Crippen LogP contribution in [-0.4, -0.2) is 27.8 Å². The first-order valence-electron chi connectivity index (χ1n) is 3.35. The number of fused-ring (bicyclic) bond motifs is 1. The van der Waals surface area contributed by atoms with Crippen LogP contribution in [0.3, 0.4) is 0 Å². The molecule has 0 unspecified atom stereocenters. The Labute approximate surface area is 78.7 Å². The van der Waals surface area contributed by atoms with E-state index in [1.165, 1.54) is 12.1 Å². The molecule has 7 heteroatoms. The van der Waals surface area contributed by atoms with Crippen LogP contribution < -0.4 is 5.73 Å². The Kier molecular flexibility index (Phi) is 1.75. The van der Waals surface area contributed by atoms with E-state index >= 15 is 0 Å². The van der Waals surface area contributed by atoms with Crippen LogP contribution >= 0.6 is 0 Å². The standard InChI is InChI=1S/C6H4N4O2Se/c7-3-1-2-4(10(11)12)6-5(3)8-13-9-6/h1-2H,7H2. The Bertz CT molecular complexity index is 480. The summed E-state index contributed by atoms with van der Waals surface area (Å²) < 4.78 is 7.96. The molecule has 2 aromatic rings. The number of rotatable bonds is 1. The van der Waals surface area contributed by atoms with E-state index in [1.54, 1.807) is 0 Å². The number of nitrogens with two attached hydrogens (primary N) is 1. The van der Waals surface area contributed by atoms with Crippen LogP contribution in [0.5, 0.6) is 0 Å². The number of anilines is 1. The third kappa shape index (κ3) is 1.18. The van der Waals surface area contributed by atoms with Crippen molar-refractivity contribution in [3.05, 3.63) is 22.2 Å². The molecule has 1 heterocycles. The average molecular weight is 243 g/mol. The van der Waals surface area contributed by atoms with Crippen molar-refractivity contribution in [3.63, 3.8) is 0 Å². The summed E-state index contributed by atoms with van der Waals surface area (Å²) in [5, 5.41) is 10.5. The number of non-ortho nitro benzene ring substituents is 1. The molecule has 0 atom stereocenters. The number of hydrogen-bond donors (Lipinski definition) is 1. The van der Waals surface area contributed by atoms with Gasteiger partial charge in [-0.25, -0.2) is 0 Å². The van der Waals surface area contributed by atoms with Gasteiger partial charge in [-0.15, -0.1) is 0 Å². The molecule has 0 bridgehead atoms. The Balaban J connectivity index is 2.86. The van der Waals surface area contributed by atoms with Gasteiger partial charge in [0.15, 0.2) is 0 Å². The van der Waals surface area contributed by atoms with E-state index in [2.05, 4.69) is 7.96 Å². The molecule has 0 aliphatic carbocycles. The molecule has 0 spiro atoms. The average Bonchev–Trinajstić information content (AvgIpc) is 2.53. The van der Waals surface area contributed by atoms with Gasteiger partial charge in [-0.1, -0.05) is 0 Å². The van der Waals surface area contributed by atoms with Crippen molar-refractivity contribution in [2.45, 2.75) is 0 Å². The molecule has 6 nitrogen and oxygen atoms in total. The molecule has 0 amide bonds. The van der Waals surface area contributed by atoms with E-state index in [-0.39, 0.29) is 20.6 Å². The van der Waals surface area contributed by atoms with Gasteiger partial charge in [-0.2, -0.15) is 0 Å².